The van der Waals surface area contributed by atoms with Crippen LogP contribution < -0.4 is 5.32 Å². The van der Waals surface area contributed by atoms with Gasteiger partial charge in [0.15, 0.2) is 0 Å². The summed E-state index contributed by atoms with van der Waals surface area (Å²) in [5.74, 6) is -0.0977. The minimum absolute atomic E-state index is 0.0977. The molecule has 0 radical (unpaired) electrons. The number of rotatable bonds is 4. The lowest BCUT2D eigenvalue weighted by Crippen LogP contribution is -2.24. The van der Waals surface area contributed by atoms with Gasteiger partial charge in [0.2, 0.25) is 0 Å². The van der Waals surface area contributed by atoms with Gasteiger partial charge in [0.05, 0.1) is 6.07 Å². The van der Waals surface area contributed by atoms with E-state index in [1.807, 2.05) is 30.5 Å². The SMILES string of the molecule is N#CCCCNC(=O)c1ccc2cc[nH]c2c1. The number of hydrogen-bond donors (Lipinski definition) is 2. The number of aromatic nitrogens is 1. The lowest BCUT2D eigenvalue weighted by atomic mass is 10.1. The van der Waals surface area contributed by atoms with Crippen molar-refractivity contribution in [2.24, 2.45) is 0 Å². The number of nitrogens with zero attached hydrogens (tertiary/aromatic N) is 1. The number of hydrogen-bond acceptors (Lipinski definition) is 2. The number of aromatic amines is 1. The molecule has 0 aliphatic carbocycles. The third-order valence-corrected chi connectivity index (χ3v) is 2.57. The van der Waals surface area contributed by atoms with Crippen LogP contribution in [0.3, 0.4) is 0 Å². The zero-order valence-electron chi connectivity index (χ0n) is 9.36. The molecule has 0 bridgehead atoms. The predicted molar refractivity (Wildman–Crippen MR) is 65.5 cm³/mol. The third kappa shape index (κ3) is 2.64. The monoisotopic (exact) mass is 227 g/mol. The fourth-order valence-electron chi connectivity index (χ4n) is 1.66. The van der Waals surface area contributed by atoms with E-state index in [4.69, 9.17) is 5.26 Å². The molecular formula is C13H13N3O. The van der Waals surface area contributed by atoms with Gasteiger partial charge < -0.3 is 10.3 Å². The van der Waals surface area contributed by atoms with Crippen molar-refractivity contribution in [3.8, 4) is 6.07 Å². The molecule has 0 aliphatic rings. The smallest absolute Gasteiger partial charge is 0.251 e. The van der Waals surface area contributed by atoms with E-state index in [-0.39, 0.29) is 5.91 Å². The van der Waals surface area contributed by atoms with Gasteiger partial charge in [-0.2, -0.15) is 5.26 Å². The number of nitrogens with one attached hydrogen (secondary N) is 2. The van der Waals surface area contributed by atoms with Crippen LogP contribution >= 0.6 is 0 Å². The molecule has 0 spiro atoms. The van der Waals surface area contributed by atoms with Crippen molar-refractivity contribution in [3.05, 3.63) is 36.0 Å². The number of amides is 1. The number of carbonyl (C=O) groups excluding carboxylic acids is 1. The summed E-state index contributed by atoms with van der Waals surface area (Å²) in [5.41, 5.74) is 1.59. The van der Waals surface area contributed by atoms with Crippen LogP contribution in [0.2, 0.25) is 0 Å². The second kappa shape index (κ2) is 5.17. The molecule has 0 saturated heterocycles. The molecule has 2 N–H and O–H groups in total. The molecule has 2 aromatic rings. The second-order valence-corrected chi connectivity index (χ2v) is 3.80. The zero-order chi connectivity index (χ0) is 12.1. The zero-order valence-corrected chi connectivity index (χ0v) is 9.36. The van der Waals surface area contributed by atoms with Gasteiger partial charge in [-0.3, -0.25) is 4.79 Å². The van der Waals surface area contributed by atoms with Crippen LogP contribution in [0.4, 0.5) is 0 Å². The number of unbranched alkanes of at least 4 members (excludes halogenated alkanes) is 1. The summed E-state index contributed by atoms with van der Waals surface area (Å²) < 4.78 is 0. The first-order valence-electron chi connectivity index (χ1n) is 5.53. The second-order valence-electron chi connectivity index (χ2n) is 3.80. The highest BCUT2D eigenvalue weighted by Crippen LogP contribution is 2.13. The summed E-state index contributed by atoms with van der Waals surface area (Å²) in [7, 11) is 0. The third-order valence-electron chi connectivity index (χ3n) is 2.57. The van der Waals surface area contributed by atoms with Crippen LogP contribution in [0.1, 0.15) is 23.2 Å². The number of nitriles is 1. The van der Waals surface area contributed by atoms with Gasteiger partial charge in [-0.1, -0.05) is 6.07 Å². The molecule has 4 heteroatoms. The Morgan fingerprint density at radius 3 is 3.12 bits per heavy atom. The van der Waals surface area contributed by atoms with Crippen LogP contribution in [0.15, 0.2) is 30.5 Å². The Morgan fingerprint density at radius 2 is 2.29 bits per heavy atom. The lowest BCUT2D eigenvalue weighted by molar-refractivity contribution is 0.0953. The minimum atomic E-state index is -0.0977. The molecule has 1 heterocycles. The van der Waals surface area contributed by atoms with Gasteiger partial charge in [0.1, 0.15) is 0 Å². The summed E-state index contributed by atoms with van der Waals surface area (Å²) in [6.07, 6.45) is 3.00. The van der Waals surface area contributed by atoms with E-state index in [2.05, 4.69) is 10.3 Å². The van der Waals surface area contributed by atoms with Gasteiger partial charge in [-0.25, -0.2) is 0 Å². The maximum absolute atomic E-state index is 11.8. The van der Waals surface area contributed by atoms with Gasteiger partial charge >= 0.3 is 0 Å². The van der Waals surface area contributed by atoms with Crippen LogP contribution in [-0.4, -0.2) is 17.4 Å². The first-order chi connectivity index (χ1) is 8.31. The number of benzene rings is 1. The van der Waals surface area contributed by atoms with Gasteiger partial charge in [0, 0.05) is 30.2 Å². The largest absolute Gasteiger partial charge is 0.361 e. The maximum Gasteiger partial charge on any atom is 0.251 e. The molecule has 0 aliphatic heterocycles. The van der Waals surface area contributed by atoms with Crippen molar-refractivity contribution >= 4 is 16.8 Å². The molecule has 0 fully saturated rings. The molecule has 1 amide bonds. The van der Waals surface area contributed by atoms with Crippen molar-refractivity contribution in [3.63, 3.8) is 0 Å². The van der Waals surface area contributed by atoms with Crippen molar-refractivity contribution < 1.29 is 4.79 Å². The Morgan fingerprint density at radius 1 is 1.41 bits per heavy atom. The Balaban J connectivity index is 2.01. The topological polar surface area (TPSA) is 68.7 Å². The van der Waals surface area contributed by atoms with Crippen molar-refractivity contribution in [2.75, 3.05) is 6.54 Å². The minimum Gasteiger partial charge on any atom is -0.361 e. The van der Waals surface area contributed by atoms with E-state index in [0.717, 1.165) is 10.9 Å². The Bertz CT molecular complexity index is 565. The van der Waals surface area contributed by atoms with Crippen LogP contribution in [0, 0.1) is 11.3 Å². The summed E-state index contributed by atoms with van der Waals surface area (Å²) >= 11 is 0. The quantitative estimate of drug-likeness (QED) is 0.786. The van der Waals surface area contributed by atoms with E-state index >= 15 is 0 Å². The first-order valence-corrected chi connectivity index (χ1v) is 5.53. The summed E-state index contributed by atoms with van der Waals surface area (Å²) in [6.45, 7) is 0.537. The summed E-state index contributed by atoms with van der Waals surface area (Å²) in [5, 5.41) is 12.3. The molecule has 86 valence electrons. The van der Waals surface area contributed by atoms with Crippen LogP contribution in [-0.2, 0) is 0 Å². The van der Waals surface area contributed by atoms with Gasteiger partial charge in [-0.05, 0) is 30.0 Å². The first kappa shape index (κ1) is 11.2. The average Bonchev–Trinajstić information content (AvgIpc) is 2.81. The van der Waals surface area contributed by atoms with E-state index in [9.17, 15) is 4.79 Å². The van der Waals surface area contributed by atoms with Gasteiger partial charge in [0.25, 0.3) is 5.91 Å². The molecule has 0 unspecified atom stereocenters. The highest BCUT2D eigenvalue weighted by Gasteiger charge is 2.05. The summed E-state index contributed by atoms with van der Waals surface area (Å²) in [6, 6.07) is 9.55. The van der Waals surface area contributed by atoms with Crippen LogP contribution in [0.25, 0.3) is 10.9 Å². The Labute approximate surface area is 99.3 Å². The van der Waals surface area contributed by atoms with Crippen molar-refractivity contribution in [1.29, 1.82) is 5.26 Å². The Hall–Kier alpha value is -2.28. The van der Waals surface area contributed by atoms with E-state index in [1.54, 1.807) is 6.07 Å². The van der Waals surface area contributed by atoms with E-state index in [0.29, 0.717) is 24.9 Å². The molecule has 1 aromatic carbocycles. The normalized spacial score (nSPS) is 10.1. The highest BCUT2D eigenvalue weighted by molar-refractivity contribution is 5.97. The molecule has 17 heavy (non-hydrogen) atoms. The van der Waals surface area contributed by atoms with Crippen molar-refractivity contribution in [1.82, 2.24) is 10.3 Å². The molecular weight excluding hydrogens is 214 g/mol. The average molecular weight is 227 g/mol. The molecule has 1 aromatic heterocycles. The van der Waals surface area contributed by atoms with E-state index in [1.165, 1.54) is 0 Å². The standard InChI is InChI=1S/C13H13N3O/c14-6-1-2-7-16-13(17)11-4-3-10-5-8-15-12(10)9-11/h3-5,8-9,15H,1-2,7H2,(H,16,17). The summed E-state index contributed by atoms with van der Waals surface area (Å²) in [4.78, 5) is 14.8. The number of H-pyrrole nitrogens is 1. The van der Waals surface area contributed by atoms with Gasteiger partial charge in [-0.15, -0.1) is 0 Å². The molecule has 0 atom stereocenters. The molecule has 0 saturated carbocycles. The van der Waals surface area contributed by atoms with Crippen molar-refractivity contribution in [2.45, 2.75) is 12.8 Å². The van der Waals surface area contributed by atoms with Crippen LogP contribution in [0.5, 0.6) is 0 Å². The maximum atomic E-state index is 11.8. The molecule has 4 nitrogen and oxygen atoms in total. The Kier molecular flexibility index (Phi) is 3.41. The lowest BCUT2D eigenvalue weighted by Gasteiger charge is -2.03. The van der Waals surface area contributed by atoms with E-state index < -0.39 is 0 Å². The number of fused-ring (bicyclic) bond motifs is 1. The number of carbonyl (C=O) groups is 1. The fraction of sp³-hybridized carbons (Fsp3) is 0.231. The fourth-order valence-corrected chi connectivity index (χ4v) is 1.66. The highest BCUT2D eigenvalue weighted by atomic mass is 16.1. The predicted octanol–water partition coefficient (Wildman–Crippen LogP) is 2.20. The molecule has 2 rings (SSSR count).